The summed E-state index contributed by atoms with van der Waals surface area (Å²) < 4.78 is 7.31. The summed E-state index contributed by atoms with van der Waals surface area (Å²) in [6.07, 6.45) is 3.75. The van der Waals surface area contributed by atoms with Gasteiger partial charge in [0.1, 0.15) is 6.61 Å². The van der Waals surface area contributed by atoms with Crippen LogP contribution in [0, 0.1) is 0 Å². The van der Waals surface area contributed by atoms with Gasteiger partial charge in [-0.3, -0.25) is 0 Å². The molecule has 114 valence electrons. The molecule has 0 fully saturated rings. The fraction of sp³-hybridized carbons (Fsp3) is 0.429. The zero-order valence-corrected chi connectivity index (χ0v) is 13.3. The molecule has 0 aliphatic heterocycles. The standard InChI is InChI=1S/C14H18Cl2N4O/c1-2-4-12(17)13-9-20(19-18-13)7-8-21-14-10(15)5-3-6-11(14)16/h3,5-6,9,12H,2,4,7-8,17H2,1H3. The highest BCUT2D eigenvalue weighted by Crippen LogP contribution is 2.32. The molecule has 0 radical (unpaired) electrons. The van der Waals surface area contributed by atoms with Gasteiger partial charge >= 0.3 is 0 Å². The maximum atomic E-state index is 6.03. The van der Waals surface area contributed by atoms with Gasteiger partial charge in [-0.05, 0) is 18.6 Å². The van der Waals surface area contributed by atoms with E-state index < -0.39 is 0 Å². The maximum Gasteiger partial charge on any atom is 0.156 e. The predicted octanol–water partition coefficient (Wildman–Crippen LogP) is 3.46. The lowest BCUT2D eigenvalue weighted by molar-refractivity contribution is 0.290. The van der Waals surface area contributed by atoms with Crippen LogP contribution in [0.4, 0.5) is 0 Å². The number of para-hydroxylation sites is 1. The first-order valence-electron chi connectivity index (χ1n) is 6.84. The summed E-state index contributed by atoms with van der Waals surface area (Å²) in [5.41, 5.74) is 6.80. The van der Waals surface area contributed by atoms with Crippen LogP contribution in [0.25, 0.3) is 0 Å². The van der Waals surface area contributed by atoms with Crippen molar-refractivity contribution in [2.24, 2.45) is 5.73 Å². The number of benzene rings is 1. The second kappa shape index (κ2) is 7.64. The number of hydrogen-bond acceptors (Lipinski definition) is 4. The molecular formula is C14H18Cl2N4O. The molecule has 0 spiro atoms. The molecule has 0 amide bonds. The van der Waals surface area contributed by atoms with E-state index in [1.807, 2.05) is 6.20 Å². The maximum absolute atomic E-state index is 6.03. The van der Waals surface area contributed by atoms with Crippen LogP contribution in [-0.4, -0.2) is 21.6 Å². The van der Waals surface area contributed by atoms with E-state index in [4.69, 9.17) is 33.7 Å². The zero-order chi connectivity index (χ0) is 15.2. The number of ether oxygens (including phenoxy) is 1. The van der Waals surface area contributed by atoms with Gasteiger partial charge in [0.15, 0.2) is 5.75 Å². The minimum absolute atomic E-state index is 0.0670. The van der Waals surface area contributed by atoms with Crippen molar-refractivity contribution >= 4 is 23.2 Å². The molecule has 1 aromatic carbocycles. The summed E-state index contributed by atoms with van der Waals surface area (Å²) in [5, 5.41) is 9.10. The highest BCUT2D eigenvalue weighted by Gasteiger charge is 2.10. The van der Waals surface area contributed by atoms with E-state index in [-0.39, 0.29) is 6.04 Å². The first kappa shape index (κ1) is 16.1. The lowest BCUT2D eigenvalue weighted by Crippen LogP contribution is -2.10. The Kier molecular flexibility index (Phi) is 5.85. The van der Waals surface area contributed by atoms with Crippen molar-refractivity contribution in [3.05, 3.63) is 40.1 Å². The van der Waals surface area contributed by atoms with E-state index in [0.29, 0.717) is 28.9 Å². The van der Waals surface area contributed by atoms with E-state index >= 15 is 0 Å². The molecule has 0 saturated carbocycles. The molecule has 7 heteroatoms. The average Bonchev–Trinajstić information content (AvgIpc) is 2.91. The zero-order valence-electron chi connectivity index (χ0n) is 11.8. The Morgan fingerprint density at radius 3 is 2.71 bits per heavy atom. The molecular weight excluding hydrogens is 311 g/mol. The van der Waals surface area contributed by atoms with Gasteiger partial charge in [0.25, 0.3) is 0 Å². The van der Waals surface area contributed by atoms with E-state index in [0.717, 1.165) is 18.5 Å². The largest absolute Gasteiger partial charge is 0.489 e. The van der Waals surface area contributed by atoms with Crippen molar-refractivity contribution in [3.8, 4) is 5.75 Å². The molecule has 5 nitrogen and oxygen atoms in total. The molecule has 2 aromatic rings. The highest BCUT2D eigenvalue weighted by atomic mass is 35.5. The van der Waals surface area contributed by atoms with E-state index in [9.17, 15) is 0 Å². The van der Waals surface area contributed by atoms with Crippen molar-refractivity contribution in [3.63, 3.8) is 0 Å². The van der Waals surface area contributed by atoms with Crippen molar-refractivity contribution in [1.82, 2.24) is 15.0 Å². The van der Waals surface area contributed by atoms with Gasteiger partial charge in [-0.1, -0.05) is 47.8 Å². The lowest BCUT2D eigenvalue weighted by atomic mass is 10.1. The van der Waals surface area contributed by atoms with Crippen molar-refractivity contribution < 1.29 is 4.74 Å². The topological polar surface area (TPSA) is 66.0 Å². The molecule has 0 saturated heterocycles. The number of rotatable bonds is 7. The van der Waals surface area contributed by atoms with Gasteiger partial charge in [0.05, 0.1) is 34.5 Å². The first-order valence-corrected chi connectivity index (χ1v) is 7.59. The van der Waals surface area contributed by atoms with E-state index in [1.165, 1.54) is 0 Å². The molecule has 21 heavy (non-hydrogen) atoms. The third kappa shape index (κ3) is 4.33. The van der Waals surface area contributed by atoms with Gasteiger partial charge in [-0.2, -0.15) is 0 Å². The second-order valence-corrected chi connectivity index (χ2v) is 5.52. The molecule has 0 aliphatic carbocycles. The second-order valence-electron chi connectivity index (χ2n) is 4.70. The van der Waals surface area contributed by atoms with E-state index in [1.54, 1.807) is 22.9 Å². The number of halogens is 2. The number of hydrogen-bond donors (Lipinski definition) is 1. The monoisotopic (exact) mass is 328 g/mol. The van der Waals surface area contributed by atoms with Gasteiger partial charge in [-0.15, -0.1) is 5.10 Å². The van der Waals surface area contributed by atoms with Crippen molar-refractivity contribution in [2.75, 3.05) is 6.61 Å². The fourth-order valence-corrected chi connectivity index (χ4v) is 2.42. The Morgan fingerprint density at radius 2 is 2.05 bits per heavy atom. The molecule has 0 bridgehead atoms. The Labute approximate surface area is 134 Å². The van der Waals surface area contributed by atoms with Crippen LogP contribution in [0.15, 0.2) is 24.4 Å². The number of nitrogens with two attached hydrogens (primary N) is 1. The summed E-state index contributed by atoms with van der Waals surface area (Å²) in [7, 11) is 0. The molecule has 0 aliphatic rings. The summed E-state index contributed by atoms with van der Waals surface area (Å²) >= 11 is 12.1. The molecule has 1 unspecified atom stereocenters. The highest BCUT2D eigenvalue weighted by molar-refractivity contribution is 6.37. The third-order valence-corrected chi connectivity index (χ3v) is 3.62. The summed E-state index contributed by atoms with van der Waals surface area (Å²) in [6.45, 7) is 3.04. The predicted molar refractivity (Wildman–Crippen MR) is 83.8 cm³/mol. The molecule has 1 heterocycles. The van der Waals surface area contributed by atoms with Gasteiger partial charge in [-0.25, -0.2) is 4.68 Å². The smallest absolute Gasteiger partial charge is 0.156 e. The normalized spacial score (nSPS) is 12.4. The van der Waals surface area contributed by atoms with Crippen LogP contribution in [0.1, 0.15) is 31.5 Å². The molecule has 2 N–H and O–H groups in total. The molecule has 2 rings (SSSR count). The average molecular weight is 329 g/mol. The van der Waals surface area contributed by atoms with Crippen LogP contribution in [0.2, 0.25) is 10.0 Å². The molecule has 1 aromatic heterocycles. The van der Waals surface area contributed by atoms with Crippen LogP contribution >= 0.6 is 23.2 Å². The van der Waals surface area contributed by atoms with Crippen molar-refractivity contribution in [2.45, 2.75) is 32.4 Å². The number of nitrogens with zero attached hydrogens (tertiary/aromatic N) is 3. The molecule has 1 atom stereocenters. The first-order chi connectivity index (χ1) is 10.1. The Bertz CT molecular complexity index is 568. The Morgan fingerprint density at radius 1 is 1.33 bits per heavy atom. The van der Waals surface area contributed by atoms with Crippen LogP contribution < -0.4 is 10.5 Å². The fourth-order valence-electron chi connectivity index (χ4n) is 1.91. The summed E-state index contributed by atoms with van der Waals surface area (Å²) in [4.78, 5) is 0. The minimum Gasteiger partial charge on any atom is -0.489 e. The minimum atomic E-state index is -0.0670. The van der Waals surface area contributed by atoms with Crippen LogP contribution in [0.3, 0.4) is 0 Å². The summed E-state index contributed by atoms with van der Waals surface area (Å²) in [5.74, 6) is 0.490. The Hall–Kier alpha value is -1.30. The lowest BCUT2D eigenvalue weighted by Gasteiger charge is -2.09. The van der Waals surface area contributed by atoms with Crippen LogP contribution in [-0.2, 0) is 6.54 Å². The quantitative estimate of drug-likeness (QED) is 0.845. The SMILES string of the molecule is CCCC(N)c1cn(CCOc2c(Cl)cccc2Cl)nn1. The Balaban J connectivity index is 1.89. The van der Waals surface area contributed by atoms with E-state index in [2.05, 4.69) is 17.2 Å². The number of aromatic nitrogens is 3. The van der Waals surface area contributed by atoms with Crippen molar-refractivity contribution in [1.29, 1.82) is 0 Å². The van der Waals surface area contributed by atoms with Gasteiger partial charge in [0, 0.05) is 0 Å². The third-order valence-electron chi connectivity index (χ3n) is 3.02. The van der Waals surface area contributed by atoms with Gasteiger partial charge < -0.3 is 10.5 Å². The van der Waals surface area contributed by atoms with Crippen LogP contribution in [0.5, 0.6) is 5.75 Å². The van der Waals surface area contributed by atoms with Gasteiger partial charge in [0.2, 0.25) is 0 Å². The summed E-state index contributed by atoms with van der Waals surface area (Å²) in [6, 6.07) is 5.18.